The number of hydrogen-bond donors (Lipinski definition) is 1. The molecule has 1 aliphatic rings. The van der Waals surface area contributed by atoms with E-state index < -0.39 is 11.5 Å². The second-order valence-electron chi connectivity index (χ2n) is 3.71. The lowest BCUT2D eigenvalue weighted by Crippen LogP contribution is -2.56. The molecule has 4 heteroatoms. The van der Waals surface area contributed by atoms with E-state index in [1.807, 2.05) is 0 Å². The van der Waals surface area contributed by atoms with Crippen LogP contribution in [0.1, 0.15) is 33.1 Å². The molecule has 0 aromatic heterocycles. The summed E-state index contributed by atoms with van der Waals surface area (Å²) in [6, 6.07) is 0. The Hall–Kier alpha value is -1.06. The quantitative estimate of drug-likeness (QED) is 0.659. The van der Waals surface area contributed by atoms with Crippen LogP contribution in [0.25, 0.3) is 0 Å². The Labute approximate surface area is 77.5 Å². The van der Waals surface area contributed by atoms with Gasteiger partial charge in [0.25, 0.3) is 0 Å². The Bertz CT molecular complexity index is 239. The van der Waals surface area contributed by atoms with Crippen LogP contribution in [0.5, 0.6) is 0 Å². The summed E-state index contributed by atoms with van der Waals surface area (Å²) in [5, 5.41) is 9.02. The van der Waals surface area contributed by atoms with Gasteiger partial charge < -0.3 is 10.0 Å². The lowest BCUT2D eigenvalue weighted by molar-refractivity contribution is -0.160. The molecule has 1 heterocycles. The Morgan fingerprint density at radius 3 is 2.38 bits per heavy atom. The van der Waals surface area contributed by atoms with Gasteiger partial charge in [0.1, 0.15) is 5.54 Å². The zero-order valence-corrected chi connectivity index (χ0v) is 8.04. The van der Waals surface area contributed by atoms with Crippen molar-refractivity contribution in [1.29, 1.82) is 0 Å². The fourth-order valence-corrected chi connectivity index (χ4v) is 1.85. The molecular formula is C9H15NO3. The highest BCUT2D eigenvalue weighted by Crippen LogP contribution is 2.27. The number of carbonyl (C=O) groups excluding carboxylic acids is 1. The molecule has 13 heavy (non-hydrogen) atoms. The third-order valence-electron chi connectivity index (χ3n) is 2.73. The fraction of sp³-hybridized carbons (Fsp3) is 0.778. The average molecular weight is 185 g/mol. The predicted molar refractivity (Wildman–Crippen MR) is 47.3 cm³/mol. The maximum absolute atomic E-state index is 11.2. The smallest absolute Gasteiger partial charge is 0.329 e. The normalized spacial score (nSPS) is 28.6. The highest BCUT2D eigenvalue weighted by Gasteiger charge is 2.42. The van der Waals surface area contributed by atoms with Crippen molar-refractivity contribution in [3.05, 3.63) is 0 Å². The Balaban J connectivity index is 2.89. The van der Waals surface area contributed by atoms with E-state index in [0.29, 0.717) is 13.0 Å². The zero-order valence-electron chi connectivity index (χ0n) is 8.04. The van der Waals surface area contributed by atoms with Crippen LogP contribution in [-0.4, -0.2) is 34.0 Å². The summed E-state index contributed by atoms with van der Waals surface area (Å²) in [6.07, 6.45) is 2.34. The topological polar surface area (TPSA) is 57.6 Å². The minimum atomic E-state index is -0.982. The lowest BCUT2D eigenvalue weighted by Gasteiger charge is -2.41. The number of piperidine rings is 1. The van der Waals surface area contributed by atoms with Crippen molar-refractivity contribution < 1.29 is 14.7 Å². The molecule has 1 fully saturated rings. The first-order chi connectivity index (χ1) is 5.98. The van der Waals surface area contributed by atoms with Gasteiger partial charge in [0.15, 0.2) is 0 Å². The molecule has 0 saturated carbocycles. The molecule has 0 aromatic rings. The van der Waals surface area contributed by atoms with Gasteiger partial charge in [0, 0.05) is 13.5 Å². The molecule has 1 saturated heterocycles. The number of carbonyl (C=O) groups is 2. The third kappa shape index (κ3) is 1.66. The predicted octanol–water partition coefficient (Wildman–Crippen LogP) is 0.862. The van der Waals surface area contributed by atoms with E-state index in [1.54, 1.807) is 6.92 Å². The highest BCUT2D eigenvalue weighted by atomic mass is 16.4. The first-order valence-electron chi connectivity index (χ1n) is 4.50. The molecule has 1 rings (SSSR count). The van der Waals surface area contributed by atoms with Crippen LogP contribution in [0, 0.1) is 0 Å². The summed E-state index contributed by atoms with van der Waals surface area (Å²) in [5.41, 5.74) is -0.982. The van der Waals surface area contributed by atoms with Gasteiger partial charge in [-0.15, -0.1) is 0 Å². The van der Waals surface area contributed by atoms with Crippen LogP contribution in [0.15, 0.2) is 0 Å². The first kappa shape index (κ1) is 10.0. The number of likely N-dealkylation sites (tertiary alicyclic amines) is 1. The minimum Gasteiger partial charge on any atom is -0.480 e. The van der Waals surface area contributed by atoms with Crippen LogP contribution in [0.3, 0.4) is 0 Å². The van der Waals surface area contributed by atoms with Crippen LogP contribution in [0.4, 0.5) is 0 Å². The number of rotatable bonds is 1. The zero-order chi connectivity index (χ0) is 10.1. The second-order valence-corrected chi connectivity index (χ2v) is 3.71. The number of carboxylic acid groups (broad SMARTS) is 1. The van der Waals surface area contributed by atoms with Crippen molar-refractivity contribution in [2.75, 3.05) is 6.54 Å². The molecule has 1 amide bonds. The molecule has 1 N–H and O–H groups in total. The number of hydrogen-bond acceptors (Lipinski definition) is 2. The van der Waals surface area contributed by atoms with E-state index >= 15 is 0 Å². The van der Waals surface area contributed by atoms with Gasteiger partial charge in [-0.2, -0.15) is 0 Å². The first-order valence-corrected chi connectivity index (χ1v) is 4.50. The van der Waals surface area contributed by atoms with Gasteiger partial charge >= 0.3 is 5.97 Å². The van der Waals surface area contributed by atoms with Gasteiger partial charge in [-0.05, 0) is 26.2 Å². The largest absolute Gasteiger partial charge is 0.480 e. The Kier molecular flexibility index (Phi) is 2.59. The van der Waals surface area contributed by atoms with E-state index in [1.165, 1.54) is 11.8 Å². The molecule has 0 spiro atoms. The van der Waals surface area contributed by atoms with E-state index in [4.69, 9.17) is 5.11 Å². The van der Waals surface area contributed by atoms with Crippen molar-refractivity contribution in [2.24, 2.45) is 0 Å². The van der Waals surface area contributed by atoms with Gasteiger partial charge in [0.05, 0.1) is 0 Å². The number of carboxylic acids is 1. The Morgan fingerprint density at radius 1 is 1.38 bits per heavy atom. The van der Waals surface area contributed by atoms with E-state index in [-0.39, 0.29) is 5.91 Å². The van der Waals surface area contributed by atoms with Crippen molar-refractivity contribution in [3.8, 4) is 0 Å². The molecule has 1 atom stereocenters. The molecular weight excluding hydrogens is 170 g/mol. The van der Waals surface area contributed by atoms with Crippen molar-refractivity contribution in [1.82, 2.24) is 4.90 Å². The van der Waals surface area contributed by atoms with Crippen molar-refractivity contribution >= 4 is 11.9 Å². The SMILES string of the molecule is CC(=O)N1CCCC[C@]1(C)C(=O)O. The summed E-state index contributed by atoms with van der Waals surface area (Å²) in [6.45, 7) is 3.61. The second kappa shape index (κ2) is 3.36. The van der Waals surface area contributed by atoms with Gasteiger partial charge in [-0.1, -0.05) is 0 Å². The molecule has 0 radical (unpaired) electrons. The maximum Gasteiger partial charge on any atom is 0.329 e. The van der Waals surface area contributed by atoms with Crippen LogP contribution >= 0.6 is 0 Å². The van der Waals surface area contributed by atoms with E-state index in [0.717, 1.165) is 12.8 Å². The molecule has 74 valence electrons. The lowest BCUT2D eigenvalue weighted by atomic mass is 9.88. The minimum absolute atomic E-state index is 0.149. The number of aliphatic carboxylic acids is 1. The highest BCUT2D eigenvalue weighted by molar-refractivity contribution is 5.85. The standard InChI is InChI=1S/C9H15NO3/c1-7(11)10-6-4-3-5-9(10,2)8(12)13/h3-6H2,1-2H3,(H,12,13)/t9-/m1/s1. The van der Waals surface area contributed by atoms with Gasteiger partial charge in [-0.25, -0.2) is 4.79 Å². The molecule has 0 aromatic carbocycles. The van der Waals surface area contributed by atoms with Crippen LogP contribution < -0.4 is 0 Å². The summed E-state index contributed by atoms with van der Waals surface area (Å²) < 4.78 is 0. The summed E-state index contributed by atoms with van der Waals surface area (Å²) in [7, 11) is 0. The van der Waals surface area contributed by atoms with E-state index in [2.05, 4.69) is 0 Å². The summed E-state index contributed by atoms with van der Waals surface area (Å²) in [4.78, 5) is 23.6. The maximum atomic E-state index is 11.2. The summed E-state index contributed by atoms with van der Waals surface area (Å²) >= 11 is 0. The molecule has 1 aliphatic heterocycles. The Morgan fingerprint density at radius 2 is 2.00 bits per heavy atom. The monoisotopic (exact) mass is 185 g/mol. The van der Waals surface area contributed by atoms with Crippen molar-refractivity contribution in [3.63, 3.8) is 0 Å². The molecule has 0 bridgehead atoms. The van der Waals surface area contributed by atoms with E-state index in [9.17, 15) is 9.59 Å². The average Bonchev–Trinajstić information content (AvgIpc) is 2.04. The van der Waals surface area contributed by atoms with Crippen LogP contribution in [0.2, 0.25) is 0 Å². The van der Waals surface area contributed by atoms with Gasteiger partial charge in [0.2, 0.25) is 5.91 Å². The van der Waals surface area contributed by atoms with Crippen molar-refractivity contribution in [2.45, 2.75) is 38.6 Å². The molecule has 0 aliphatic carbocycles. The fourth-order valence-electron chi connectivity index (χ4n) is 1.85. The molecule has 0 unspecified atom stereocenters. The summed E-state index contributed by atoms with van der Waals surface area (Å²) in [5.74, 6) is -1.05. The van der Waals surface area contributed by atoms with Crippen LogP contribution in [-0.2, 0) is 9.59 Å². The number of nitrogens with zero attached hydrogens (tertiary/aromatic N) is 1. The number of amides is 1. The van der Waals surface area contributed by atoms with Gasteiger partial charge in [-0.3, -0.25) is 4.79 Å². The third-order valence-corrected chi connectivity index (χ3v) is 2.73. The molecule has 4 nitrogen and oxygen atoms in total.